The van der Waals surface area contributed by atoms with E-state index in [0.29, 0.717) is 0 Å². The molecule has 0 saturated carbocycles. The molecule has 0 aliphatic rings. The van der Waals surface area contributed by atoms with Crippen molar-refractivity contribution >= 4 is 26.2 Å². The first kappa shape index (κ1) is 17.1. The summed E-state index contributed by atoms with van der Waals surface area (Å²) in [5.41, 5.74) is 0. The Balaban J connectivity index is -0.00000000500. The van der Waals surface area contributed by atoms with E-state index in [4.69, 9.17) is 0 Å². The number of hydrogen-bond acceptors (Lipinski definition) is 0. The van der Waals surface area contributed by atoms with E-state index in [1.807, 2.05) is 0 Å². The fraction of sp³-hybridized carbons (Fsp3) is 0. The molecule has 0 aliphatic carbocycles. The number of hydrogen-bond donors (Lipinski definition) is 0. The van der Waals surface area contributed by atoms with Crippen molar-refractivity contribution in [2.24, 2.45) is 0 Å². The fourth-order valence-corrected chi connectivity index (χ4v) is 0. The molecule has 1 radical (unpaired) electrons. The van der Waals surface area contributed by atoms with Crippen LogP contribution in [0.3, 0.4) is 0 Å². The maximum absolute atomic E-state index is 3.39. The summed E-state index contributed by atoms with van der Waals surface area (Å²) >= 11 is 3.39. The zero-order valence-electron chi connectivity index (χ0n) is 1.73. The Kier molecular flexibility index (Phi) is 91.7. The zero-order valence-corrected chi connectivity index (χ0v) is 6.02. The zero-order chi connectivity index (χ0) is 2.00. The van der Waals surface area contributed by atoms with Gasteiger partial charge in [0, 0.05) is 17.1 Å². The average Bonchev–Trinajstić information content (AvgIpc) is 1.00. The second kappa shape index (κ2) is 21.5. The van der Waals surface area contributed by atoms with Crippen molar-refractivity contribution in [3.8, 4) is 0 Å². The predicted molar refractivity (Wildman–Crippen MR) is 19.9 cm³/mol. The number of rotatable bonds is 0. The molecule has 0 bridgehead atoms. The molecule has 0 aromatic carbocycles. The van der Waals surface area contributed by atoms with Gasteiger partial charge in [0.1, 0.15) is 0 Å². The Morgan fingerprint density at radius 3 is 1.25 bits per heavy atom. The van der Waals surface area contributed by atoms with E-state index in [9.17, 15) is 0 Å². The molecule has 0 aliphatic heterocycles. The van der Waals surface area contributed by atoms with Gasteiger partial charge in [-0.05, 0) is 0 Å². The summed E-state index contributed by atoms with van der Waals surface area (Å²) < 4.78 is 0. The standard InChI is InChI=1S/Al.Fe.Mn.H3Si.3H/h;;;1H3;;;. The van der Waals surface area contributed by atoms with Crippen molar-refractivity contribution in [1.82, 2.24) is 0 Å². The summed E-state index contributed by atoms with van der Waals surface area (Å²) in [4.78, 5) is 0. The molecule has 0 unspecified atom stereocenters. The van der Waals surface area contributed by atoms with Crippen molar-refractivity contribution in [2.75, 3.05) is 0 Å². The van der Waals surface area contributed by atoms with Crippen molar-refractivity contribution < 1.29 is 32.4 Å². The summed E-state index contributed by atoms with van der Waals surface area (Å²) in [6.45, 7) is 0. The molecule has 0 aromatic heterocycles. The summed E-state index contributed by atoms with van der Waals surface area (Å²) in [6, 6.07) is 0. The third-order valence-electron chi connectivity index (χ3n) is 0. The van der Waals surface area contributed by atoms with Crippen LogP contribution in [0.4, 0.5) is 0 Å². The molecule has 0 atom stereocenters. The minimum absolute atomic E-state index is 0. The van der Waals surface area contributed by atoms with Gasteiger partial charge in [0.25, 0.3) is 0 Å². The summed E-state index contributed by atoms with van der Waals surface area (Å²) in [5.74, 6) is 0. The molecule has 0 nitrogen and oxygen atoms in total. The van der Waals surface area contributed by atoms with Gasteiger partial charge in [-0.15, -0.1) is 0 Å². The Morgan fingerprint density at radius 1 is 1.25 bits per heavy atom. The molecule has 0 saturated heterocycles. The third-order valence-corrected chi connectivity index (χ3v) is 0. The molecule has 4 heteroatoms. The molecular formula is H6AlFeMnSi. The third kappa shape index (κ3) is 9.21. The minimum atomic E-state index is 0. The van der Waals surface area contributed by atoms with Crippen molar-refractivity contribution in [3.63, 3.8) is 0 Å². The van der Waals surface area contributed by atoms with Gasteiger partial charge in [0.2, 0.25) is 0 Å². The van der Waals surface area contributed by atoms with Gasteiger partial charge >= 0.3 is 24.2 Å². The SMILES string of the molecule is [AlH3].[Mn].[SiH3][Fe]. The van der Waals surface area contributed by atoms with Gasteiger partial charge in [-0.3, -0.25) is 0 Å². The molecule has 0 heterocycles. The Labute approximate surface area is 58.4 Å². The van der Waals surface area contributed by atoms with E-state index in [2.05, 4.69) is 15.4 Å². The topological polar surface area (TPSA) is 0 Å². The van der Waals surface area contributed by atoms with E-state index in [0.717, 1.165) is 8.85 Å². The first-order valence-electron chi connectivity index (χ1n) is 0.354. The quantitative estimate of drug-likeness (QED) is 0.358. The van der Waals surface area contributed by atoms with Gasteiger partial charge < -0.3 is 0 Å². The van der Waals surface area contributed by atoms with Crippen LogP contribution in [0.1, 0.15) is 0 Å². The summed E-state index contributed by atoms with van der Waals surface area (Å²) in [6.07, 6.45) is 0. The Hall–Kier alpha value is 1.79. The molecule has 4 heavy (non-hydrogen) atoms. The van der Waals surface area contributed by atoms with Gasteiger partial charge in [-0.25, -0.2) is 0 Å². The normalized spacial score (nSPS) is 2.25. The Bertz CT molecular complexity index is 8.00. The van der Waals surface area contributed by atoms with Gasteiger partial charge in [0.05, 0.1) is 0 Å². The van der Waals surface area contributed by atoms with Crippen LogP contribution in [0.15, 0.2) is 0 Å². The first-order valence-corrected chi connectivity index (χ1v) is 4.37. The second-order valence-electron chi connectivity index (χ2n) is 0. The van der Waals surface area contributed by atoms with Crippen LogP contribution in [-0.2, 0) is 32.4 Å². The van der Waals surface area contributed by atoms with Crippen LogP contribution >= 0.6 is 0 Å². The van der Waals surface area contributed by atoms with Crippen LogP contribution in [-0.4, -0.2) is 26.2 Å². The maximum atomic E-state index is 3.39. The molecule has 0 aromatic rings. The fourth-order valence-electron chi connectivity index (χ4n) is 0. The predicted octanol–water partition coefficient (Wildman–Crippen LogP) is -2.37. The van der Waals surface area contributed by atoms with E-state index in [1.165, 1.54) is 0 Å². The molecule has 0 fully saturated rings. The molecule has 0 spiro atoms. The summed E-state index contributed by atoms with van der Waals surface area (Å²) in [5, 5.41) is 0. The summed E-state index contributed by atoms with van der Waals surface area (Å²) in [7, 11) is 1.06. The van der Waals surface area contributed by atoms with Crippen LogP contribution in [0, 0.1) is 0 Å². The monoisotopic (exact) mass is 172 g/mol. The van der Waals surface area contributed by atoms with E-state index < -0.39 is 0 Å². The Morgan fingerprint density at radius 2 is 1.25 bits per heavy atom. The molecule has 0 rings (SSSR count). The van der Waals surface area contributed by atoms with Gasteiger partial charge in [-0.1, -0.05) is 0 Å². The average molecular weight is 172 g/mol. The van der Waals surface area contributed by atoms with Crippen molar-refractivity contribution in [2.45, 2.75) is 0 Å². The first-order chi connectivity index (χ1) is 1.00. The van der Waals surface area contributed by atoms with E-state index >= 15 is 0 Å². The van der Waals surface area contributed by atoms with E-state index in [-0.39, 0.29) is 34.4 Å². The van der Waals surface area contributed by atoms with Crippen LogP contribution in [0.25, 0.3) is 0 Å². The van der Waals surface area contributed by atoms with Crippen LogP contribution in [0.2, 0.25) is 0 Å². The molecule has 0 amide bonds. The molecular weight excluding hydrogens is 166 g/mol. The van der Waals surface area contributed by atoms with Gasteiger partial charge in [0.15, 0.2) is 17.4 Å². The van der Waals surface area contributed by atoms with Crippen molar-refractivity contribution in [1.29, 1.82) is 0 Å². The molecule has 0 N–H and O–H groups in total. The van der Waals surface area contributed by atoms with E-state index in [1.54, 1.807) is 0 Å². The van der Waals surface area contributed by atoms with Gasteiger partial charge in [-0.2, -0.15) is 0 Å². The van der Waals surface area contributed by atoms with Crippen LogP contribution < -0.4 is 0 Å². The molecule has 28 valence electrons. The van der Waals surface area contributed by atoms with Crippen molar-refractivity contribution in [3.05, 3.63) is 0 Å². The second-order valence-corrected chi connectivity index (χ2v) is 0. The van der Waals surface area contributed by atoms with Crippen LogP contribution in [0.5, 0.6) is 0 Å².